The molecule has 18 heteroatoms. The lowest BCUT2D eigenvalue weighted by molar-refractivity contribution is -0.142. The van der Waals surface area contributed by atoms with E-state index in [1.807, 2.05) is 45.3 Å². The number of pyridine rings is 1. The number of terminal acetylenes is 1. The molecule has 5 fully saturated rings. The van der Waals surface area contributed by atoms with Gasteiger partial charge >= 0.3 is 6.03 Å². The number of likely N-dealkylation sites (tertiary alicyclic amines) is 3. The highest BCUT2D eigenvalue weighted by Gasteiger charge is 2.56. The monoisotopic (exact) mass is 953 g/mol. The number of nitrogens with one attached hydrogen (secondary N) is 3. The van der Waals surface area contributed by atoms with Crippen molar-refractivity contribution in [3.05, 3.63) is 83.4 Å². The van der Waals surface area contributed by atoms with E-state index in [1.54, 1.807) is 29.2 Å². The molecule has 8 heterocycles. The number of β-amino-alcohol motifs (C(OH)–C–C–N with tert-alkyl or cyclic N) is 1. The number of urea groups is 1. The van der Waals surface area contributed by atoms with Crippen LogP contribution in [0.2, 0.25) is 0 Å². The first-order valence-electron chi connectivity index (χ1n) is 24.7. The van der Waals surface area contributed by atoms with Crippen LogP contribution in [-0.2, 0) is 9.59 Å². The maximum atomic E-state index is 14.2. The number of aliphatic hydroxyl groups excluding tert-OH is 2. The minimum Gasteiger partial charge on any atom is -0.507 e. The van der Waals surface area contributed by atoms with Gasteiger partial charge in [-0.2, -0.15) is 0 Å². The molecule has 1 saturated carbocycles. The highest BCUT2D eigenvalue weighted by molar-refractivity contribution is 5.93. The zero-order valence-electron chi connectivity index (χ0n) is 40.3. The van der Waals surface area contributed by atoms with E-state index in [-0.39, 0.29) is 48.2 Å². The molecule has 1 spiro atoms. The summed E-state index contributed by atoms with van der Waals surface area (Å²) in [4.78, 5) is 63.8. The molecule has 0 bridgehead atoms. The number of anilines is 2. The van der Waals surface area contributed by atoms with E-state index in [4.69, 9.17) is 16.4 Å². The second-order valence-electron chi connectivity index (χ2n) is 21.6. The molecular formula is C52H64N12O6. The maximum Gasteiger partial charge on any atom is 0.318 e. The first-order valence-corrected chi connectivity index (χ1v) is 24.7. The van der Waals surface area contributed by atoms with Crippen molar-refractivity contribution in [1.29, 1.82) is 0 Å². The molecule has 4 saturated heterocycles. The van der Waals surface area contributed by atoms with Gasteiger partial charge in [0.25, 0.3) is 0 Å². The fraction of sp³-hybridized carbons (Fsp3) is 0.538. The van der Waals surface area contributed by atoms with E-state index in [1.165, 1.54) is 16.7 Å². The number of aliphatic hydroxyl groups is 2. The van der Waals surface area contributed by atoms with E-state index in [0.717, 1.165) is 69.1 Å². The van der Waals surface area contributed by atoms with Crippen LogP contribution in [0.5, 0.6) is 5.75 Å². The van der Waals surface area contributed by atoms with Crippen LogP contribution in [-0.4, -0.2) is 155 Å². The van der Waals surface area contributed by atoms with Crippen molar-refractivity contribution in [2.24, 2.45) is 10.8 Å². The number of piperidine rings is 2. The third-order valence-corrected chi connectivity index (χ3v) is 16.0. The Morgan fingerprint density at radius 2 is 1.71 bits per heavy atom. The molecule has 5 aliphatic heterocycles. The second-order valence-corrected chi connectivity index (χ2v) is 21.6. The van der Waals surface area contributed by atoms with Gasteiger partial charge in [-0.05, 0) is 99.3 Å². The summed E-state index contributed by atoms with van der Waals surface area (Å²) < 4.78 is 0. The summed E-state index contributed by atoms with van der Waals surface area (Å²) in [7, 11) is 0. The Kier molecular flexibility index (Phi) is 12.6. The quantitative estimate of drug-likeness (QED) is 0.125. The Morgan fingerprint density at radius 3 is 2.39 bits per heavy atom. The van der Waals surface area contributed by atoms with Gasteiger partial charge in [0.05, 0.1) is 30.1 Å². The topological polar surface area (TPSA) is 225 Å². The number of nitrogens with zero attached hydrogens (tertiary/aromatic N) is 9. The van der Waals surface area contributed by atoms with Crippen LogP contribution in [0.15, 0.2) is 61.1 Å². The van der Waals surface area contributed by atoms with Crippen molar-refractivity contribution in [2.45, 2.75) is 120 Å². The molecule has 1 aliphatic carbocycles. The smallest absolute Gasteiger partial charge is 0.318 e. The molecule has 10 rings (SSSR count). The summed E-state index contributed by atoms with van der Waals surface area (Å²) >= 11 is 0. The van der Waals surface area contributed by atoms with Crippen molar-refractivity contribution in [1.82, 2.24) is 50.5 Å². The first-order chi connectivity index (χ1) is 33.6. The van der Waals surface area contributed by atoms with Crippen LogP contribution in [0.4, 0.5) is 16.6 Å². The standard InChI is InChI=1S/C52H64N12O6/c1-6-31-11-12-38(53-23-31)41(27-65)57-47(68)42-19-35(66)26-64(42)48(69)45(51(3,4)5)58-50(70)62-28-52(29-62)21-34(22-52)61-16-13-32(14-17-61)33-24-54-49(55-25-33)63-18-15-39-44(30(63)2)37-20-40(59-60-46(37)56-39)36-9-7-8-10-43(36)67/h1,7-12,20,23-25,30,32,34-35,39,41-42,44-45,65-67H,13-19,21-22,26-29H2,2-5H3,(H,56,60)(H,57,68)(H,58,70)/t30-,35-,39?,41+,42+,44?,45-/m1/s1. The number of hydrogen-bond acceptors (Lipinski definition) is 14. The average molecular weight is 953 g/mol. The predicted molar refractivity (Wildman–Crippen MR) is 261 cm³/mol. The number of hydrogen-bond donors (Lipinski definition) is 6. The fourth-order valence-corrected chi connectivity index (χ4v) is 12.0. The number of phenolic OH excluding ortho intramolecular Hbond substituents is 1. The summed E-state index contributed by atoms with van der Waals surface area (Å²) in [5, 5.41) is 49.6. The van der Waals surface area contributed by atoms with Crippen LogP contribution < -0.4 is 20.9 Å². The number of amides is 4. The molecule has 70 heavy (non-hydrogen) atoms. The molecule has 4 amide bonds. The number of benzene rings is 1. The number of carbonyl (C=O) groups excluding carboxylic acids is 3. The van der Waals surface area contributed by atoms with Crippen molar-refractivity contribution in [3.63, 3.8) is 0 Å². The zero-order chi connectivity index (χ0) is 49.1. The minimum atomic E-state index is -1.00. The lowest BCUT2D eigenvalue weighted by Gasteiger charge is -2.61. The van der Waals surface area contributed by atoms with Crippen LogP contribution in [0, 0.1) is 23.2 Å². The number of fused-ring (bicyclic) bond motifs is 3. The van der Waals surface area contributed by atoms with Gasteiger partial charge in [-0.25, -0.2) is 14.8 Å². The number of phenols is 1. The summed E-state index contributed by atoms with van der Waals surface area (Å²) in [6.07, 6.45) is 15.1. The number of rotatable bonds is 10. The van der Waals surface area contributed by atoms with Crippen molar-refractivity contribution >= 4 is 29.6 Å². The third kappa shape index (κ3) is 8.99. The van der Waals surface area contributed by atoms with E-state index in [0.29, 0.717) is 47.6 Å². The Morgan fingerprint density at radius 1 is 0.971 bits per heavy atom. The molecule has 4 aromatic rings. The van der Waals surface area contributed by atoms with Gasteiger partial charge < -0.3 is 50.9 Å². The molecule has 6 aliphatic rings. The van der Waals surface area contributed by atoms with E-state index >= 15 is 0 Å². The lowest BCUT2D eigenvalue weighted by Crippen LogP contribution is -2.70. The third-order valence-electron chi connectivity index (χ3n) is 16.0. The fourth-order valence-electron chi connectivity index (χ4n) is 12.0. The van der Waals surface area contributed by atoms with Crippen molar-refractivity contribution in [3.8, 4) is 29.4 Å². The predicted octanol–water partition coefficient (Wildman–Crippen LogP) is 3.77. The molecule has 0 radical (unpaired) electrons. The van der Waals surface area contributed by atoms with Crippen molar-refractivity contribution in [2.75, 3.05) is 56.1 Å². The van der Waals surface area contributed by atoms with E-state index in [9.17, 15) is 29.7 Å². The van der Waals surface area contributed by atoms with Gasteiger partial charge in [-0.15, -0.1) is 16.6 Å². The Labute approximate surface area is 408 Å². The van der Waals surface area contributed by atoms with Gasteiger partial charge in [0.2, 0.25) is 17.8 Å². The molecule has 6 N–H and O–H groups in total. The van der Waals surface area contributed by atoms with Gasteiger partial charge in [0, 0.05) is 97.3 Å². The van der Waals surface area contributed by atoms with Gasteiger partial charge in [0.15, 0.2) is 5.82 Å². The molecule has 7 atom stereocenters. The number of carbonyl (C=O) groups is 3. The molecular weight excluding hydrogens is 889 g/mol. The largest absolute Gasteiger partial charge is 0.507 e. The number of aromatic nitrogens is 5. The second kappa shape index (κ2) is 18.7. The summed E-state index contributed by atoms with van der Waals surface area (Å²) in [5.41, 5.74) is 3.95. The molecule has 2 unspecified atom stereocenters. The first kappa shape index (κ1) is 47.3. The van der Waals surface area contributed by atoms with Gasteiger partial charge in [-0.3, -0.25) is 14.6 Å². The van der Waals surface area contributed by atoms with Crippen LogP contribution in [0.1, 0.15) is 106 Å². The molecule has 18 nitrogen and oxygen atoms in total. The number of aromatic hydroxyl groups is 1. The van der Waals surface area contributed by atoms with Gasteiger partial charge in [0.1, 0.15) is 17.8 Å². The zero-order valence-corrected chi connectivity index (χ0v) is 40.3. The van der Waals surface area contributed by atoms with Crippen LogP contribution in [0.25, 0.3) is 11.3 Å². The lowest BCUT2D eigenvalue weighted by atomic mass is 9.60. The molecule has 1 aromatic carbocycles. The van der Waals surface area contributed by atoms with Crippen LogP contribution >= 0.6 is 0 Å². The van der Waals surface area contributed by atoms with Gasteiger partial charge in [-0.1, -0.05) is 38.8 Å². The Balaban J connectivity index is 0.691. The SMILES string of the molecule is C#Cc1ccc([C@H](CO)NC(=O)[C@@H]2C[C@@H](O)CN2C(=O)[C@@H](NC(=O)N2CC3(CC(N4CCC(c5cnc(N6CCC7Nc8nnc(-c9ccccc9O)cc8C7[C@H]6C)nc5)CC4)C3)C2)C(C)(C)C)nc1. The summed E-state index contributed by atoms with van der Waals surface area (Å²) in [5.74, 6) is 3.80. The number of para-hydroxylation sites is 1. The minimum absolute atomic E-state index is 0.0239. The van der Waals surface area contributed by atoms with E-state index in [2.05, 4.69) is 59.8 Å². The Bertz CT molecular complexity index is 2630. The van der Waals surface area contributed by atoms with E-state index < -0.39 is 48.1 Å². The van der Waals surface area contributed by atoms with Crippen molar-refractivity contribution < 1.29 is 29.7 Å². The highest BCUT2D eigenvalue weighted by Crippen LogP contribution is 2.51. The summed E-state index contributed by atoms with van der Waals surface area (Å²) in [6, 6.07) is 10.3. The van der Waals surface area contributed by atoms with Crippen LogP contribution in [0.3, 0.4) is 0 Å². The Hall–Kier alpha value is -6.42. The average Bonchev–Trinajstić information content (AvgIpc) is 3.92. The molecule has 368 valence electrons. The maximum absolute atomic E-state index is 14.2. The molecule has 3 aromatic heterocycles. The normalized spacial score (nSPS) is 25.2. The highest BCUT2D eigenvalue weighted by atomic mass is 16.3. The summed E-state index contributed by atoms with van der Waals surface area (Å²) in [6.45, 7) is 11.4.